The van der Waals surface area contributed by atoms with Gasteiger partial charge in [-0.1, -0.05) is 34.1 Å². The first-order valence-electron chi connectivity index (χ1n) is 8.04. The Labute approximate surface area is 135 Å². The van der Waals surface area contributed by atoms with E-state index in [9.17, 15) is 0 Å². The van der Waals surface area contributed by atoms with Crippen molar-refractivity contribution in [2.75, 3.05) is 19.8 Å². The van der Waals surface area contributed by atoms with Crippen molar-refractivity contribution in [2.24, 2.45) is 0 Å². The maximum atomic E-state index is 6.21. The third-order valence-electron chi connectivity index (χ3n) is 4.18. The predicted octanol–water partition coefficient (Wildman–Crippen LogP) is 3.83. The average Bonchev–Trinajstić information content (AvgIpc) is 3.34. The van der Waals surface area contributed by atoms with Gasteiger partial charge in [0.15, 0.2) is 0 Å². The molecule has 0 aromatic heterocycles. The molecule has 1 saturated heterocycles. The number of ether oxygens (including phenoxy) is 2. The third kappa shape index (κ3) is 4.78. The van der Waals surface area contributed by atoms with E-state index in [0.717, 1.165) is 24.0 Å². The number of nitrogens with one attached hydrogen (secondary N) is 1. The summed E-state index contributed by atoms with van der Waals surface area (Å²) in [5, 5.41) is 3.58. The highest BCUT2D eigenvalue weighted by molar-refractivity contribution is 9.10. The van der Waals surface area contributed by atoms with Crippen molar-refractivity contribution < 1.29 is 9.47 Å². The highest BCUT2D eigenvalue weighted by Crippen LogP contribution is 2.28. The molecule has 1 heterocycles. The minimum Gasteiger partial charge on any atom is -0.376 e. The summed E-state index contributed by atoms with van der Waals surface area (Å²) in [6.45, 7) is 2.45. The van der Waals surface area contributed by atoms with Gasteiger partial charge in [-0.05, 0) is 43.7 Å². The fourth-order valence-electron chi connectivity index (χ4n) is 2.72. The number of rotatable bonds is 7. The third-order valence-corrected chi connectivity index (χ3v) is 4.90. The van der Waals surface area contributed by atoms with Gasteiger partial charge in [-0.2, -0.15) is 0 Å². The molecule has 1 saturated carbocycles. The summed E-state index contributed by atoms with van der Waals surface area (Å²) in [5.41, 5.74) is 1.22. The van der Waals surface area contributed by atoms with Gasteiger partial charge in [0.25, 0.3) is 0 Å². The molecular weight excluding hydrogens is 330 g/mol. The molecule has 1 aromatic carbocycles. The minimum absolute atomic E-state index is 0.0895. The molecule has 2 aliphatic rings. The Morgan fingerprint density at radius 3 is 2.81 bits per heavy atom. The number of halogens is 1. The lowest BCUT2D eigenvalue weighted by Gasteiger charge is -2.26. The van der Waals surface area contributed by atoms with Crippen molar-refractivity contribution in [3.05, 3.63) is 34.3 Å². The SMILES string of the molecule is Brc1ccccc1C(CNC1CC1)OCC1CCCCO1. The normalized spacial score (nSPS) is 24.0. The van der Waals surface area contributed by atoms with Crippen LogP contribution < -0.4 is 5.32 Å². The molecule has 1 aliphatic heterocycles. The van der Waals surface area contributed by atoms with Crippen LogP contribution in [0, 0.1) is 0 Å². The first kappa shape index (κ1) is 15.5. The van der Waals surface area contributed by atoms with E-state index in [0.29, 0.717) is 12.6 Å². The predicted molar refractivity (Wildman–Crippen MR) is 87.5 cm³/mol. The molecule has 3 nitrogen and oxygen atoms in total. The smallest absolute Gasteiger partial charge is 0.0961 e. The highest BCUT2D eigenvalue weighted by Gasteiger charge is 2.24. The van der Waals surface area contributed by atoms with Crippen LogP contribution in [0.15, 0.2) is 28.7 Å². The molecule has 2 atom stereocenters. The molecule has 1 aliphatic carbocycles. The first-order valence-corrected chi connectivity index (χ1v) is 8.83. The van der Waals surface area contributed by atoms with E-state index in [2.05, 4.69) is 39.4 Å². The lowest BCUT2D eigenvalue weighted by atomic mass is 10.1. The van der Waals surface area contributed by atoms with Crippen LogP contribution in [0.1, 0.15) is 43.8 Å². The van der Waals surface area contributed by atoms with Gasteiger partial charge in [-0.3, -0.25) is 0 Å². The second-order valence-corrected chi connectivity index (χ2v) is 6.87. The van der Waals surface area contributed by atoms with Crippen molar-refractivity contribution in [1.82, 2.24) is 5.32 Å². The molecule has 21 heavy (non-hydrogen) atoms. The standard InChI is InChI=1S/C17H24BrNO2/c18-16-7-2-1-6-15(16)17(11-19-13-8-9-13)21-12-14-5-3-4-10-20-14/h1-2,6-7,13-14,17,19H,3-5,8-12H2. The molecule has 3 rings (SSSR count). The maximum absolute atomic E-state index is 6.21. The van der Waals surface area contributed by atoms with E-state index in [1.165, 1.54) is 31.2 Å². The summed E-state index contributed by atoms with van der Waals surface area (Å²) < 4.78 is 13.1. The zero-order valence-corrected chi connectivity index (χ0v) is 14.0. The summed E-state index contributed by atoms with van der Waals surface area (Å²) in [5.74, 6) is 0. The fourth-order valence-corrected chi connectivity index (χ4v) is 3.26. The Morgan fingerprint density at radius 1 is 1.24 bits per heavy atom. The maximum Gasteiger partial charge on any atom is 0.0961 e. The lowest BCUT2D eigenvalue weighted by molar-refractivity contribution is -0.0635. The minimum atomic E-state index is 0.0895. The van der Waals surface area contributed by atoms with Crippen LogP contribution in [0.5, 0.6) is 0 Å². The van der Waals surface area contributed by atoms with E-state index < -0.39 is 0 Å². The van der Waals surface area contributed by atoms with E-state index in [1.807, 2.05) is 6.07 Å². The van der Waals surface area contributed by atoms with Gasteiger partial charge in [-0.25, -0.2) is 0 Å². The Balaban J connectivity index is 1.59. The average molecular weight is 354 g/mol. The van der Waals surface area contributed by atoms with Crippen LogP contribution in [-0.4, -0.2) is 31.9 Å². The van der Waals surface area contributed by atoms with E-state index in [-0.39, 0.29) is 12.2 Å². The van der Waals surface area contributed by atoms with Gasteiger partial charge < -0.3 is 14.8 Å². The van der Waals surface area contributed by atoms with Crippen LogP contribution in [0.4, 0.5) is 0 Å². The molecule has 0 bridgehead atoms. The fraction of sp³-hybridized carbons (Fsp3) is 0.647. The molecule has 1 aromatic rings. The van der Waals surface area contributed by atoms with Crippen LogP contribution in [-0.2, 0) is 9.47 Å². The van der Waals surface area contributed by atoms with Gasteiger partial charge in [0.2, 0.25) is 0 Å². The van der Waals surface area contributed by atoms with Crippen molar-refractivity contribution >= 4 is 15.9 Å². The summed E-state index contributed by atoms with van der Waals surface area (Å²) in [7, 11) is 0. The van der Waals surface area contributed by atoms with Crippen LogP contribution in [0.3, 0.4) is 0 Å². The number of hydrogen-bond donors (Lipinski definition) is 1. The van der Waals surface area contributed by atoms with Crippen LogP contribution in [0.25, 0.3) is 0 Å². The zero-order valence-electron chi connectivity index (χ0n) is 12.4. The summed E-state index contributed by atoms with van der Waals surface area (Å²) >= 11 is 3.65. The van der Waals surface area contributed by atoms with Crippen LogP contribution >= 0.6 is 15.9 Å². The Hall–Kier alpha value is -0.420. The quantitative estimate of drug-likeness (QED) is 0.807. The largest absolute Gasteiger partial charge is 0.376 e. The molecule has 4 heteroatoms. The molecule has 1 N–H and O–H groups in total. The number of hydrogen-bond acceptors (Lipinski definition) is 3. The van der Waals surface area contributed by atoms with E-state index in [1.54, 1.807) is 0 Å². The van der Waals surface area contributed by atoms with Gasteiger partial charge in [0.1, 0.15) is 0 Å². The second-order valence-electron chi connectivity index (χ2n) is 6.01. The Kier molecular flexibility index (Phi) is 5.69. The molecule has 0 radical (unpaired) electrons. The second kappa shape index (κ2) is 7.73. The molecule has 0 spiro atoms. The van der Waals surface area contributed by atoms with Gasteiger partial charge in [0, 0.05) is 23.7 Å². The lowest BCUT2D eigenvalue weighted by Crippen LogP contribution is -2.30. The van der Waals surface area contributed by atoms with Crippen molar-refractivity contribution in [1.29, 1.82) is 0 Å². The summed E-state index contributed by atoms with van der Waals surface area (Å²) in [6, 6.07) is 9.04. The molecule has 2 fully saturated rings. The van der Waals surface area contributed by atoms with E-state index in [4.69, 9.17) is 9.47 Å². The first-order chi connectivity index (χ1) is 10.3. The molecular formula is C17H24BrNO2. The Morgan fingerprint density at radius 2 is 2.10 bits per heavy atom. The van der Waals surface area contributed by atoms with Crippen molar-refractivity contribution in [3.8, 4) is 0 Å². The molecule has 116 valence electrons. The van der Waals surface area contributed by atoms with Gasteiger partial charge in [0.05, 0.1) is 18.8 Å². The molecule has 2 unspecified atom stereocenters. The molecule has 0 amide bonds. The highest BCUT2D eigenvalue weighted by atomic mass is 79.9. The van der Waals surface area contributed by atoms with Crippen molar-refractivity contribution in [3.63, 3.8) is 0 Å². The van der Waals surface area contributed by atoms with Gasteiger partial charge >= 0.3 is 0 Å². The van der Waals surface area contributed by atoms with Gasteiger partial charge in [-0.15, -0.1) is 0 Å². The van der Waals surface area contributed by atoms with Crippen molar-refractivity contribution in [2.45, 2.75) is 50.4 Å². The van der Waals surface area contributed by atoms with Crippen LogP contribution in [0.2, 0.25) is 0 Å². The topological polar surface area (TPSA) is 30.5 Å². The summed E-state index contributed by atoms with van der Waals surface area (Å²) in [4.78, 5) is 0. The number of benzene rings is 1. The monoisotopic (exact) mass is 353 g/mol. The zero-order chi connectivity index (χ0) is 14.5. The van der Waals surface area contributed by atoms with E-state index >= 15 is 0 Å². The summed E-state index contributed by atoms with van der Waals surface area (Å²) in [6.07, 6.45) is 6.53. The Bertz CT molecular complexity index is 444.